The van der Waals surface area contributed by atoms with Crippen molar-refractivity contribution in [2.24, 2.45) is 0 Å². The molecule has 0 spiro atoms. The summed E-state index contributed by atoms with van der Waals surface area (Å²) >= 11 is 0. The van der Waals surface area contributed by atoms with Crippen LogP contribution >= 0.6 is 0 Å². The first kappa shape index (κ1) is 23.0. The molecule has 1 aliphatic heterocycles. The van der Waals surface area contributed by atoms with Crippen LogP contribution in [0.4, 0.5) is 5.69 Å². The van der Waals surface area contributed by atoms with Crippen LogP contribution in [0.3, 0.4) is 0 Å². The first-order valence-electron chi connectivity index (χ1n) is 10.5. The minimum atomic E-state index is -3.47. The zero-order chi connectivity index (χ0) is 22.3. The highest BCUT2D eigenvalue weighted by molar-refractivity contribution is 7.89. The molecule has 1 fully saturated rings. The van der Waals surface area contributed by atoms with Gasteiger partial charge in [-0.15, -0.1) is 0 Å². The highest BCUT2D eigenvalue weighted by Gasteiger charge is 2.25. The van der Waals surface area contributed by atoms with Gasteiger partial charge < -0.3 is 10.1 Å². The Morgan fingerprint density at radius 3 is 2.23 bits per heavy atom. The highest BCUT2D eigenvalue weighted by Crippen LogP contribution is 2.22. The molecule has 1 saturated heterocycles. The number of nitrogens with zero attached hydrogens (tertiary/aromatic N) is 1. The van der Waals surface area contributed by atoms with Crippen LogP contribution in [0.25, 0.3) is 0 Å². The fourth-order valence-corrected chi connectivity index (χ4v) is 4.91. The second kappa shape index (κ2) is 10.5. The molecule has 0 radical (unpaired) electrons. The van der Waals surface area contributed by atoms with Crippen molar-refractivity contribution in [1.82, 2.24) is 4.31 Å². The van der Waals surface area contributed by atoms with E-state index in [1.54, 1.807) is 36.4 Å². The maximum absolute atomic E-state index is 12.7. The number of carbonyl (C=O) groups is 2. The minimum absolute atomic E-state index is 0.000322. The Kier molecular flexibility index (Phi) is 7.81. The number of rotatable bonds is 9. The Morgan fingerprint density at radius 2 is 1.61 bits per heavy atom. The van der Waals surface area contributed by atoms with Crippen molar-refractivity contribution in [3.8, 4) is 5.75 Å². The smallest absolute Gasteiger partial charge is 0.243 e. The Bertz CT molecular complexity index is 995. The maximum Gasteiger partial charge on any atom is 0.243 e. The van der Waals surface area contributed by atoms with E-state index in [1.165, 1.54) is 23.4 Å². The first-order chi connectivity index (χ1) is 14.9. The number of hydrogen-bond donors (Lipinski definition) is 1. The molecule has 2 aromatic rings. The molecule has 0 aromatic heterocycles. The van der Waals surface area contributed by atoms with Gasteiger partial charge in [-0.05, 0) is 74.7 Å². The SMILES string of the molecule is CC(=O)c1ccc(OCCCC(=O)Nc2ccc(S(=O)(=O)N3CCCCC3)cc2)cc1. The molecule has 2 aromatic carbocycles. The predicted octanol–water partition coefficient (Wildman–Crippen LogP) is 3.86. The van der Waals surface area contributed by atoms with E-state index in [4.69, 9.17) is 4.74 Å². The lowest BCUT2D eigenvalue weighted by Gasteiger charge is -2.25. The van der Waals surface area contributed by atoms with Crippen molar-refractivity contribution < 1.29 is 22.7 Å². The number of ether oxygens (including phenoxy) is 1. The summed E-state index contributed by atoms with van der Waals surface area (Å²) in [4.78, 5) is 23.7. The van der Waals surface area contributed by atoms with Gasteiger partial charge in [0.1, 0.15) is 5.75 Å². The molecule has 0 unspecified atom stereocenters. The maximum atomic E-state index is 12.7. The van der Waals surface area contributed by atoms with Gasteiger partial charge in [0.25, 0.3) is 0 Å². The van der Waals surface area contributed by atoms with E-state index >= 15 is 0 Å². The molecule has 0 bridgehead atoms. The number of nitrogens with one attached hydrogen (secondary N) is 1. The van der Waals surface area contributed by atoms with Gasteiger partial charge in [-0.3, -0.25) is 9.59 Å². The molecular weight excluding hydrogens is 416 g/mol. The van der Waals surface area contributed by atoms with Crippen LogP contribution in [-0.2, 0) is 14.8 Å². The molecule has 0 aliphatic carbocycles. The average molecular weight is 445 g/mol. The third-order valence-electron chi connectivity index (χ3n) is 5.17. The zero-order valence-electron chi connectivity index (χ0n) is 17.7. The molecule has 1 heterocycles. The number of ketones is 1. The first-order valence-corrected chi connectivity index (χ1v) is 11.9. The lowest BCUT2D eigenvalue weighted by atomic mass is 10.1. The van der Waals surface area contributed by atoms with Gasteiger partial charge >= 0.3 is 0 Å². The number of sulfonamides is 1. The molecule has 1 amide bonds. The van der Waals surface area contributed by atoms with E-state index < -0.39 is 10.0 Å². The summed E-state index contributed by atoms with van der Waals surface area (Å²) in [6, 6.07) is 13.2. The van der Waals surface area contributed by atoms with E-state index in [9.17, 15) is 18.0 Å². The van der Waals surface area contributed by atoms with Crippen LogP contribution in [-0.4, -0.2) is 44.1 Å². The standard InChI is InChI=1S/C23H28N2O5S/c1-18(26)19-7-11-21(12-8-19)30-17-5-6-23(27)24-20-9-13-22(14-10-20)31(28,29)25-15-3-2-4-16-25/h7-14H,2-6,15-17H2,1H3,(H,24,27). The van der Waals surface area contributed by atoms with Gasteiger partial charge in [-0.25, -0.2) is 8.42 Å². The number of benzene rings is 2. The predicted molar refractivity (Wildman–Crippen MR) is 119 cm³/mol. The summed E-state index contributed by atoms with van der Waals surface area (Å²) < 4.78 is 32.5. The van der Waals surface area contributed by atoms with Crippen LogP contribution in [0.5, 0.6) is 5.75 Å². The largest absolute Gasteiger partial charge is 0.494 e. The Morgan fingerprint density at radius 1 is 0.968 bits per heavy atom. The van der Waals surface area contributed by atoms with Crippen molar-refractivity contribution in [3.05, 3.63) is 54.1 Å². The third kappa shape index (κ3) is 6.38. The van der Waals surface area contributed by atoms with Crippen LogP contribution in [0, 0.1) is 0 Å². The molecule has 0 saturated carbocycles. The van der Waals surface area contributed by atoms with Crippen molar-refractivity contribution in [2.45, 2.75) is 43.9 Å². The van der Waals surface area contributed by atoms with Gasteiger partial charge in [-0.1, -0.05) is 6.42 Å². The van der Waals surface area contributed by atoms with E-state index in [2.05, 4.69) is 5.32 Å². The number of carbonyl (C=O) groups excluding carboxylic acids is 2. The molecule has 0 atom stereocenters. The number of piperidine rings is 1. The monoisotopic (exact) mass is 444 g/mol. The van der Waals surface area contributed by atoms with E-state index in [0.717, 1.165) is 19.3 Å². The topological polar surface area (TPSA) is 92.8 Å². The molecule has 1 N–H and O–H groups in total. The van der Waals surface area contributed by atoms with E-state index in [0.29, 0.717) is 43.1 Å². The number of hydrogen-bond acceptors (Lipinski definition) is 5. The molecule has 1 aliphatic rings. The number of anilines is 1. The van der Waals surface area contributed by atoms with Crippen LogP contribution in [0.1, 0.15) is 49.4 Å². The molecule has 166 valence electrons. The lowest BCUT2D eigenvalue weighted by molar-refractivity contribution is -0.116. The van der Waals surface area contributed by atoms with Crippen LogP contribution in [0.15, 0.2) is 53.4 Å². The van der Waals surface area contributed by atoms with Crippen molar-refractivity contribution in [3.63, 3.8) is 0 Å². The summed E-state index contributed by atoms with van der Waals surface area (Å²) in [6.07, 6.45) is 3.65. The quantitative estimate of drug-likeness (QED) is 0.468. The van der Waals surface area contributed by atoms with E-state index in [-0.39, 0.29) is 23.0 Å². The minimum Gasteiger partial charge on any atom is -0.494 e. The average Bonchev–Trinajstić information content (AvgIpc) is 2.78. The van der Waals surface area contributed by atoms with Crippen LogP contribution < -0.4 is 10.1 Å². The van der Waals surface area contributed by atoms with Gasteiger partial charge in [0, 0.05) is 30.8 Å². The summed E-state index contributed by atoms with van der Waals surface area (Å²) in [5.74, 6) is 0.485. The van der Waals surface area contributed by atoms with Gasteiger partial charge in [0.05, 0.1) is 11.5 Å². The second-order valence-electron chi connectivity index (χ2n) is 7.57. The van der Waals surface area contributed by atoms with Crippen molar-refractivity contribution >= 4 is 27.4 Å². The Labute approximate surface area is 183 Å². The van der Waals surface area contributed by atoms with Gasteiger partial charge in [-0.2, -0.15) is 4.31 Å². The zero-order valence-corrected chi connectivity index (χ0v) is 18.5. The molecule has 7 nitrogen and oxygen atoms in total. The Balaban J connectivity index is 1.43. The molecule has 8 heteroatoms. The number of Topliss-reactive ketones (excluding diaryl/α,β-unsaturated/α-hetero) is 1. The lowest BCUT2D eigenvalue weighted by Crippen LogP contribution is -2.35. The summed E-state index contributed by atoms with van der Waals surface area (Å²) in [5, 5.41) is 2.78. The van der Waals surface area contributed by atoms with Crippen molar-refractivity contribution in [1.29, 1.82) is 0 Å². The van der Waals surface area contributed by atoms with E-state index in [1.807, 2.05) is 0 Å². The van der Waals surface area contributed by atoms with Gasteiger partial charge in [0.15, 0.2) is 5.78 Å². The molecule has 3 rings (SSSR count). The van der Waals surface area contributed by atoms with Crippen molar-refractivity contribution in [2.75, 3.05) is 25.0 Å². The fourth-order valence-electron chi connectivity index (χ4n) is 3.40. The highest BCUT2D eigenvalue weighted by atomic mass is 32.2. The van der Waals surface area contributed by atoms with Gasteiger partial charge in [0.2, 0.25) is 15.9 Å². The molecule has 31 heavy (non-hydrogen) atoms. The normalized spacial score (nSPS) is 14.7. The fraction of sp³-hybridized carbons (Fsp3) is 0.391. The summed E-state index contributed by atoms with van der Waals surface area (Å²) in [6.45, 7) is 3.00. The summed E-state index contributed by atoms with van der Waals surface area (Å²) in [5.41, 5.74) is 1.19. The second-order valence-corrected chi connectivity index (χ2v) is 9.51. The molecular formula is C23H28N2O5S. The Hall–Kier alpha value is -2.71. The summed E-state index contributed by atoms with van der Waals surface area (Å²) in [7, 11) is -3.47. The van der Waals surface area contributed by atoms with Crippen LogP contribution in [0.2, 0.25) is 0 Å². The third-order valence-corrected chi connectivity index (χ3v) is 7.08. The number of amides is 1.